The lowest BCUT2D eigenvalue weighted by molar-refractivity contribution is -0.231. The van der Waals surface area contributed by atoms with Crippen molar-refractivity contribution in [2.45, 2.75) is 50.8 Å². The van der Waals surface area contributed by atoms with Gasteiger partial charge in [0, 0.05) is 6.42 Å². The molecule has 1 fully saturated rings. The molecule has 0 bridgehead atoms. The summed E-state index contributed by atoms with van der Waals surface area (Å²) >= 11 is 0. The second kappa shape index (κ2) is 8.04. The molecule has 0 unspecified atom stereocenters. The summed E-state index contributed by atoms with van der Waals surface area (Å²) in [6.07, 6.45) is -5.65. The van der Waals surface area contributed by atoms with Gasteiger partial charge in [0.05, 0.1) is 6.61 Å². The number of rotatable bonds is 4. The number of hydrogen-bond acceptors (Lipinski definition) is 5. The van der Waals surface area contributed by atoms with Gasteiger partial charge in [0.1, 0.15) is 36.3 Å². The molecular formula is C21H25FO5. The molecule has 2 aromatic carbocycles. The maximum absolute atomic E-state index is 14.2. The normalized spacial score (nSPS) is 28.3. The predicted molar refractivity (Wildman–Crippen MR) is 97.8 cm³/mol. The highest BCUT2D eigenvalue weighted by atomic mass is 19.1. The molecule has 0 aliphatic carbocycles. The van der Waals surface area contributed by atoms with Crippen molar-refractivity contribution in [3.8, 4) is 0 Å². The molecule has 1 aliphatic rings. The maximum atomic E-state index is 14.2. The third kappa shape index (κ3) is 4.05. The molecule has 0 aromatic heterocycles. The Morgan fingerprint density at radius 3 is 2.33 bits per heavy atom. The van der Waals surface area contributed by atoms with Gasteiger partial charge in [0.25, 0.3) is 0 Å². The minimum absolute atomic E-state index is 0.271. The number of aliphatic hydroxyl groups is 4. The first-order valence-electron chi connectivity index (χ1n) is 8.96. The van der Waals surface area contributed by atoms with Crippen LogP contribution in [0, 0.1) is 19.7 Å². The zero-order valence-electron chi connectivity index (χ0n) is 15.3. The van der Waals surface area contributed by atoms with Crippen LogP contribution in [0.4, 0.5) is 4.39 Å². The van der Waals surface area contributed by atoms with E-state index in [0.29, 0.717) is 17.5 Å². The molecule has 0 saturated carbocycles. The number of benzene rings is 2. The molecule has 1 aliphatic heterocycles. The molecule has 1 saturated heterocycles. The second-order valence-corrected chi connectivity index (χ2v) is 7.21. The van der Waals surface area contributed by atoms with Crippen LogP contribution in [0.5, 0.6) is 0 Å². The van der Waals surface area contributed by atoms with Crippen molar-refractivity contribution >= 4 is 0 Å². The van der Waals surface area contributed by atoms with E-state index < -0.39 is 37.1 Å². The van der Waals surface area contributed by atoms with Gasteiger partial charge in [0.15, 0.2) is 0 Å². The molecule has 6 heteroatoms. The van der Waals surface area contributed by atoms with Gasteiger partial charge in [-0.2, -0.15) is 0 Å². The lowest BCUT2D eigenvalue weighted by Crippen LogP contribution is -2.55. The average Bonchev–Trinajstić information content (AvgIpc) is 2.64. The van der Waals surface area contributed by atoms with Gasteiger partial charge in [-0.25, -0.2) is 4.39 Å². The molecule has 146 valence electrons. The molecular weight excluding hydrogens is 351 g/mol. The van der Waals surface area contributed by atoms with Crippen molar-refractivity contribution in [3.05, 3.63) is 70.0 Å². The Hall–Kier alpha value is -1.83. The average molecular weight is 376 g/mol. The van der Waals surface area contributed by atoms with Crippen molar-refractivity contribution in [3.63, 3.8) is 0 Å². The number of aryl methyl sites for hydroxylation is 2. The van der Waals surface area contributed by atoms with E-state index in [4.69, 9.17) is 4.74 Å². The largest absolute Gasteiger partial charge is 0.394 e. The van der Waals surface area contributed by atoms with E-state index in [1.807, 2.05) is 26.0 Å². The van der Waals surface area contributed by atoms with E-state index in [1.165, 1.54) is 6.07 Å². The molecule has 0 radical (unpaired) electrons. The summed E-state index contributed by atoms with van der Waals surface area (Å²) in [5, 5.41) is 39.6. The molecule has 5 atom stereocenters. The monoisotopic (exact) mass is 376 g/mol. The summed E-state index contributed by atoms with van der Waals surface area (Å²) in [7, 11) is 0. The maximum Gasteiger partial charge on any atom is 0.126 e. The smallest absolute Gasteiger partial charge is 0.126 e. The van der Waals surface area contributed by atoms with Crippen LogP contribution in [-0.4, -0.2) is 51.4 Å². The minimum Gasteiger partial charge on any atom is -0.394 e. The van der Waals surface area contributed by atoms with E-state index in [9.17, 15) is 24.8 Å². The summed E-state index contributed by atoms with van der Waals surface area (Å²) in [5.74, 6) is -0.271. The Morgan fingerprint density at radius 2 is 1.67 bits per heavy atom. The lowest BCUT2D eigenvalue weighted by Gasteiger charge is -2.40. The van der Waals surface area contributed by atoms with Crippen LogP contribution in [0.3, 0.4) is 0 Å². The molecule has 4 N–H and O–H groups in total. The van der Waals surface area contributed by atoms with Crippen LogP contribution < -0.4 is 0 Å². The van der Waals surface area contributed by atoms with Crippen LogP contribution in [-0.2, 0) is 11.2 Å². The number of aliphatic hydroxyl groups excluding tert-OH is 4. The van der Waals surface area contributed by atoms with Crippen molar-refractivity contribution in [2.24, 2.45) is 0 Å². The highest BCUT2D eigenvalue weighted by Crippen LogP contribution is 2.33. The molecule has 5 nitrogen and oxygen atoms in total. The molecule has 3 rings (SSSR count). The van der Waals surface area contributed by atoms with Gasteiger partial charge < -0.3 is 25.2 Å². The van der Waals surface area contributed by atoms with E-state index in [0.717, 1.165) is 16.7 Å². The fourth-order valence-corrected chi connectivity index (χ4v) is 3.44. The van der Waals surface area contributed by atoms with Crippen molar-refractivity contribution < 1.29 is 29.6 Å². The Kier molecular flexibility index (Phi) is 5.93. The number of ether oxygens (including phenoxy) is 1. The third-order valence-electron chi connectivity index (χ3n) is 5.18. The van der Waals surface area contributed by atoms with Gasteiger partial charge in [-0.3, -0.25) is 0 Å². The Balaban J connectivity index is 1.90. The fraction of sp³-hybridized carbons (Fsp3) is 0.429. The van der Waals surface area contributed by atoms with Crippen molar-refractivity contribution in [2.75, 3.05) is 6.61 Å². The zero-order valence-corrected chi connectivity index (χ0v) is 15.3. The Labute approximate surface area is 157 Å². The first kappa shape index (κ1) is 19.9. The quantitative estimate of drug-likeness (QED) is 0.650. The summed E-state index contributed by atoms with van der Waals surface area (Å²) in [6, 6.07) is 10.5. The topological polar surface area (TPSA) is 90.2 Å². The van der Waals surface area contributed by atoms with Gasteiger partial charge in [-0.15, -0.1) is 0 Å². The lowest BCUT2D eigenvalue weighted by atomic mass is 9.89. The third-order valence-corrected chi connectivity index (χ3v) is 5.18. The van der Waals surface area contributed by atoms with Crippen LogP contribution in [0.1, 0.15) is 33.9 Å². The fourth-order valence-electron chi connectivity index (χ4n) is 3.44. The molecule has 2 aromatic rings. The van der Waals surface area contributed by atoms with Crippen LogP contribution >= 0.6 is 0 Å². The van der Waals surface area contributed by atoms with Crippen molar-refractivity contribution in [1.29, 1.82) is 0 Å². The number of hydrogen-bond donors (Lipinski definition) is 4. The van der Waals surface area contributed by atoms with Crippen LogP contribution in [0.15, 0.2) is 36.4 Å². The first-order valence-corrected chi connectivity index (χ1v) is 8.96. The summed E-state index contributed by atoms with van der Waals surface area (Å²) in [5.41, 5.74) is 3.84. The van der Waals surface area contributed by atoms with E-state index in [-0.39, 0.29) is 5.82 Å². The van der Waals surface area contributed by atoms with Crippen molar-refractivity contribution in [1.82, 2.24) is 0 Å². The highest BCUT2D eigenvalue weighted by molar-refractivity contribution is 5.38. The second-order valence-electron chi connectivity index (χ2n) is 7.21. The summed E-state index contributed by atoms with van der Waals surface area (Å²) < 4.78 is 19.8. The predicted octanol–water partition coefficient (Wildman–Crippen LogP) is 1.55. The number of halogens is 1. The standard InChI is InChI=1S/C21H25FO5/c1-11-3-5-13(16(22)7-11)8-15-9-14(6-4-12(15)2)21-20(26)19(25)18(24)17(10-23)27-21/h3-7,9,17-21,23-26H,8,10H2,1-2H3/t17-,18-,19+,20-,21+/m1/s1. The molecule has 0 amide bonds. The highest BCUT2D eigenvalue weighted by Gasteiger charge is 2.43. The van der Waals surface area contributed by atoms with Crippen LogP contribution in [0.2, 0.25) is 0 Å². The van der Waals surface area contributed by atoms with Gasteiger partial charge >= 0.3 is 0 Å². The van der Waals surface area contributed by atoms with Crippen LogP contribution in [0.25, 0.3) is 0 Å². The first-order chi connectivity index (χ1) is 12.8. The Morgan fingerprint density at radius 1 is 0.926 bits per heavy atom. The summed E-state index contributed by atoms with van der Waals surface area (Å²) in [6.45, 7) is 3.27. The van der Waals surface area contributed by atoms with E-state index in [1.54, 1.807) is 18.2 Å². The molecule has 1 heterocycles. The van der Waals surface area contributed by atoms with Gasteiger partial charge in [0.2, 0.25) is 0 Å². The minimum atomic E-state index is -1.43. The zero-order chi connectivity index (χ0) is 19.7. The van der Waals surface area contributed by atoms with Gasteiger partial charge in [-0.1, -0.05) is 30.3 Å². The van der Waals surface area contributed by atoms with E-state index >= 15 is 0 Å². The Bertz CT molecular complexity index is 807. The van der Waals surface area contributed by atoms with E-state index in [2.05, 4.69) is 0 Å². The molecule has 0 spiro atoms. The van der Waals surface area contributed by atoms with Gasteiger partial charge in [-0.05, 0) is 47.7 Å². The molecule has 27 heavy (non-hydrogen) atoms. The SMILES string of the molecule is Cc1ccc(Cc2cc([C@@H]3O[C@H](CO)[C@@H](O)[C@H](O)[C@H]3O)ccc2C)c(F)c1. The summed E-state index contributed by atoms with van der Waals surface area (Å²) in [4.78, 5) is 0.